The van der Waals surface area contributed by atoms with Crippen LogP contribution < -0.4 is 10.6 Å². The van der Waals surface area contributed by atoms with Crippen LogP contribution in [0, 0.1) is 0 Å². The first-order valence-electron chi connectivity index (χ1n) is 7.99. The summed E-state index contributed by atoms with van der Waals surface area (Å²) < 4.78 is 0. The number of urea groups is 1. The number of nitrogens with one attached hydrogen (secondary N) is 2. The standard InChI is InChI=1S/C18H25N3O2S/c1-21(2)16(17-9-6-10-24-17)12-19-18(23)20-15(13-22)11-14-7-4-3-5-8-14/h3-10,15-16,22H,11-13H2,1-2H3,(H2,19,20,23). The maximum Gasteiger partial charge on any atom is 0.315 e. The molecule has 0 aliphatic heterocycles. The minimum absolute atomic E-state index is 0.0929. The molecule has 6 heteroatoms. The summed E-state index contributed by atoms with van der Waals surface area (Å²) >= 11 is 1.68. The van der Waals surface area contributed by atoms with Crippen LogP contribution >= 0.6 is 11.3 Å². The second kappa shape index (κ2) is 9.42. The minimum Gasteiger partial charge on any atom is -0.394 e. The molecule has 3 N–H and O–H groups in total. The van der Waals surface area contributed by atoms with Gasteiger partial charge in [-0.3, -0.25) is 0 Å². The lowest BCUT2D eigenvalue weighted by Crippen LogP contribution is -2.46. The van der Waals surface area contributed by atoms with Crippen LogP contribution in [0.2, 0.25) is 0 Å². The van der Waals surface area contributed by atoms with E-state index in [9.17, 15) is 9.90 Å². The summed E-state index contributed by atoms with van der Waals surface area (Å²) in [4.78, 5) is 15.4. The largest absolute Gasteiger partial charge is 0.394 e. The van der Waals surface area contributed by atoms with Crippen molar-refractivity contribution in [2.75, 3.05) is 27.2 Å². The van der Waals surface area contributed by atoms with Crippen molar-refractivity contribution < 1.29 is 9.90 Å². The van der Waals surface area contributed by atoms with Gasteiger partial charge in [-0.25, -0.2) is 4.79 Å². The van der Waals surface area contributed by atoms with Gasteiger partial charge in [0.15, 0.2) is 0 Å². The zero-order valence-corrected chi connectivity index (χ0v) is 14.9. The fraction of sp³-hybridized carbons (Fsp3) is 0.389. The SMILES string of the molecule is CN(C)C(CNC(=O)NC(CO)Cc1ccccc1)c1cccs1. The molecule has 0 saturated carbocycles. The molecule has 0 saturated heterocycles. The van der Waals surface area contributed by atoms with Crippen molar-refractivity contribution in [3.63, 3.8) is 0 Å². The predicted molar refractivity (Wildman–Crippen MR) is 98.3 cm³/mol. The van der Waals surface area contributed by atoms with Crippen LogP contribution in [0.3, 0.4) is 0 Å². The lowest BCUT2D eigenvalue weighted by atomic mass is 10.1. The van der Waals surface area contributed by atoms with E-state index in [1.54, 1.807) is 11.3 Å². The Bertz CT molecular complexity index is 602. The number of rotatable bonds is 8. The van der Waals surface area contributed by atoms with Crippen LogP contribution in [-0.4, -0.2) is 49.3 Å². The number of aliphatic hydroxyl groups is 1. The number of carbonyl (C=O) groups excluding carboxylic acids is 1. The third-order valence-corrected chi connectivity index (χ3v) is 4.80. The highest BCUT2D eigenvalue weighted by Crippen LogP contribution is 2.22. The van der Waals surface area contributed by atoms with Crippen molar-refractivity contribution >= 4 is 17.4 Å². The molecule has 5 nitrogen and oxygen atoms in total. The Kier molecular flexibility index (Phi) is 7.24. The molecule has 2 amide bonds. The maximum atomic E-state index is 12.2. The van der Waals surface area contributed by atoms with Crippen molar-refractivity contribution in [1.82, 2.24) is 15.5 Å². The van der Waals surface area contributed by atoms with Crippen LogP contribution in [0.1, 0.15) is 16.5 Å². The molecule has 0 bridgehead atoms. The number of amides is 2. The summed E-state index contributed by atoms with van der Waals surface area (Å²) in [5, 5.41) is 17.3. The first-order valence-corrected chi connectivity index (χ1v) is 8.87. The van der Waals surface area contributed by atoms with E-state index in [0.717, 1.165) is 5.56 Å². The number of aliphatic hydroxyl groups excluding tert-OH is 1. The average molecular weight is 347 g/mol. The first kappa shape index (κ1) is 18.4. The third kappa shape index (κ3) is 5.63. The van der Waals surface area contributed by atoms with Crippen molar-refractivity contribution in [1.29, 1.82) is 0 Å². The Hall–Kier alpha value is -1.89. The molecule has 1 heterocycles. The first-order chi connectivity index (χ1) is 11.6. The number of likely N-dealkylation sites (N-methyl/N-ethyl adjacent to an activating group) is 1. The van der Waals surface area contributed by atoms with Crippen molar-refractivity contribution in [3.05, 3.63) is 58.3 Å². The van der Waals surface area contributed by atoms with E-state index in [0.29, 0.717) is 13.0 Å². The number of hydrogen-bond acceptors (Lipinski definition) is 4. The van der Waals surface area contributed by atoms with Gasteiger partial charge >= 0.3 is 6.03 Å². The van der Waals surface area contributed by atoms with Crippen molar-refractivity contribution in [2.45, 2.75) is 18.5 Å². The van der Waals surface area contributed by atoms with Gasteiger partial charge in [0.2, 0.25) is 0 Å². The monoisotopic (exact) mass is 347 g/mol. The summed E-state index contributed by atoms with van der Waals surface area (Å²) in [7, 11) is 3.99. The topological polar surface area (TPSA) is 64.6 Å². The molecule has 0 fully saturated rings. The lowest BCUT2D eigenvalue weighted by molar-refractivity contribution is 0.211. The van der Waals surface area contributed by atoms with Crippen LogP contribution in [0.15, 0.2) is 47.8 Å². The van der Waals surface area contributed by atoms with E-state index in [2.05, 4.69) is 21.6 Å². The quantitative estimate of drug-likeness (QED) is 0.686. The van der Waals surface area contributed by atoms with Gasteiger partial charge in [0.25, 0.3) is 0 Å². The molecular formula is C18H25N3O2S. The fourth-order valence-electron chi connectivity index (χ4n) is 2.50. The summed E-state index contributed by atoms with van der Waals surface area (Å²) in [5.74, 6) is 0. The molecule has 0 radical (unpaired) electrons. The Morgan fingerprint density at radius 1 is 1.21 bits per heavy atom. The average Bonchev–Trinajstić information content (AvgIpc) is 3.09. The van der Waals surface area contributed by atoms with Crippen molar-refractivity contribution in [2.24, 2.45) is 0 Å². The van der Waals surface area contributed by atoms with Gasteiger partial charge in [-0.15, -0.1) is 11.3 Å². The van der Waals surface area contributed by atoms with Gasteiger partial charge in [-0.2, -0.15) is 0 Å². The van der Waals surface area contributed by atoms with Crippen LogP contribution in [0.4, 0.5) is 4.79 Å². The summed E-state index contributed by atoms with van der Waals surface area (Å²) in [6.45, 7) is 0.424. The fourth-order valence-corrected chi connectivity index (χ4v) is 3.43. The molecule has 2 atom stereocenters. The van der Waals surface area contributed by atoms with Crippen LogP contribution in [-0.2, 0) is 6.42 Å². The molecule has 1 aromatic heterocycles. The second-order valence-electron chi connectivity index (χ2n) is 5.92. The molecule has 0 aliphatic rings. The molecule has 1 aromatic carbocycles. The zero-order valence-electron chi connectivity index (χ0n) is 14.1. The molecule has 0 spiro atoms. The van der Waals surface area contributed by atoms with E-state index in [4.69, 9.17) is 0 Å². The Balaban J connectivity index is 1.84. The van der Waals surface area contributed by atoms with Gasteiger partial charge in [0, 0.05) is 11.4 Å². The number of thiophene rings is 1. The second-order valence-corrected chi connectivity index (χ2v) is 6.90. The van der Waals surface area contributed by atoms with Gasteiger partial charge in [0.05, 0.1) is 18.7 Å². The minimum atomic E-state index is -0.299. The molecule has 2 aromatic rings. The predicted octanol–water partition coefficient (Wildman–Crippen LogP) is 2.25. The number of carbonyl (C=O) groups is 1. The normalized spacial score (nSPS) is 13.5. The molecule has 0 aliphatic carbocycles. The maximum absolute atomic E-state index is 12.2. The Labute approximate surface area is 147 Å². The number of benzene rings is 1. The third-order valence-electron chi connectivity index (χ3n) is 3.83. The van der Waals surface area contributed by atoms with Gasteiger partial charge in [-0.05, 0) is 37.5 Å². The van der Waals surface area contributed by atoms with E-state index >= 15 is 0 Å². The number of hydrogen-bond donors (Lipinski definition) is 3. The highest BCUT2D eigenvalue weighted by molar-refractivity contribution is 7.10. The Morgan fingerprint density at radius 2 is 1.96 bits per heavy atom. The lowest BCUT2D eigenvalue weighted by Gasteiger charge is -2.24. The molecular weight excluding hydrogens is 322 g/mol. The number of nitrogens with zero attached hydrogens (tertiary/aromatic N) is 1. The summed E-state index contributed by atoms with van der Waals surface area (Å²) in [6, 6.07) is 13.5. The smallest absolute Gasteiger partial charge is 0.315 e. The molecule has 24 heavy (non-hydrogen) atoms. The van der Waals surface area contributed by atoms with Gasteiger partial charge in [0.1, 0.15) is 0 Å². The van der Waals surface area contributed by atoms with E-state index < -0.39 is 0 Å². The Morgan fingerprint density at radius 3 is 2.54 bits per heavy atom. The summed E-state index contributed by atoms with van der Waals surface area (Å²) in [5.41, 5.74) is 1.08. The van der Waals surface area contributed by atoms with E-state index in [-0.39, 0.29) is 24.7 Å². The molecule has 2 rings (SSSR count). The summed E-state index contributed by atoms with van der Waals surface area (Å²) in [6.07, 6.45) is 0.604. The highest BCUT2D eigenvalue weighted by Gasteiger charge is 2.17. The van der Waals surface area contributed by atoms with Gasteiger partial charge < -0.3 is 20.6 Å². The van der Waals surface area contributed by atoms with Crippen LogP contribution in [0.25, 0.3) is 0 Å². The van der Waals surface area contributed by atoms with Gasteiger partial charge in [-0.1, -0.05) is 36.4 Å². The van der Waals surface area contributed by atoms with Crippen LogP contribution in [0.5, 0.6) is 0 Å². The molecule has 130 valence electrons. The van der Waals surface area contributed by atoms with E-state index in [1.165, 1.54) is 4.88 Å². The highest BCUT2D eigenvalue weighted by atomic mass is 32.1. The molecule has 2 unspecified atom stereocenters. The van der Waals surface area contributed by atoms with E-state index in [1.807, 2.05) is 55.9 Å². The van der Waals surface area contributed by atoms with Crippen molar-refractivity contribution in [3.8, 4) is 0 Å². The zero-order chi connectivity index (χ0) is 17.4.